The van der Waals surface area contributed by atoms with E-state index in [-0.39, 0.29) is 18.0 Å². The molecule has 2 rings (SSSR count). The first kappa shape index (κ1) is 15.8. The number of carbonyl (C=O) groups is 1. The van der Waals surface area contributed by atoms with Crippen LogP contribution < -0.4 is 15.4 Å². The summed E-state index contributed by atoms with van der Waals surface area (Å²) in [6.07, 6.45) is 1.55. The number of rotatable bonds is 7. The topological polar surface area (TPSA) is 59.6 Å². The van der Waals surface area contributed by atoms with E-state index >= 15 is 0 Å². The van der Waals surface area contributed by atoms with E-state index in [9.17, 15) is 4.79 Å². The summed E-state index contributed by atoms with van der Waals surface area (Å²) < 4.78 is 10.5. The van der Waals surface area contributed by atoms with Gasteiger partial charge >= 0.3 is 0 Å². The Hall–Kier alpha value is -1.59. The van der Waals surface area contributed by atoms with Crippen molar-refractivity contribution in [2.24, 2.45) is 0 Å². The number of nitrogens with one attached hydrogen (secondary N) is 2. The molecular formula is C16H24N2O3. The number of methoxy groups -OCH3 is 2. The third kappa shape index (κ3) is 4.19. The van der Waals surface area contributed by atoms with Crippen LogP contribution in [0.15, 0.2) is 18.2 Å². The second-order valence-corrected chi connectivity index (χ2v) is 5.44. The smallest absolute Gasteiger partial charge is 0.220 e. The molecule has 5 nitrogen and oxygen atoms in total. The molecule has 1 fully saturated rings. The molecule has 5 heteroatoms. The second kappa shape index (κ2) is 7.43. The summed E-state index contributed by atoms with van der Waals surface area (Å²) in [5.74, 6) is 0.997. The molecule has 0 radical (unpaired) electrons. The zero-order valence-electron chi connectivity index (χ0n) is 12.9. The highest BCUT2D eigenvalue weighted by molar-refractivity contribution is 5.78. The van der Waals surface area contributed by atoms with Crippen molar-refractivity contribution in [2.75, 3.05) is 20.8 Å². The molecule has 1 heterocycles. The van der Waals surface area contributed by atoms with Gasteiger partial charge in [-0.2, -0.15) is 0 Å². The molecular weight excluding hydrogens is 268 g/mol. The standard InChI is InChI=1S/C16H24N2O3/c1-11(17-9-14-5-7-16(19)18-14)12-4-6-15(21-3)13(8-12)10-20-2/h4,6,8,11,14,17H,5,7,9-10H2,1-3H3,(H,18,19). The van der Waals surface area contributed by atoms with Crippen LogP contribution in [0.3, 0.4) is 0 Å². The Morgan fingerprint density at radius 3 is 2.86 bits per heavy atom. The van der Waals surface area contributed by atoms with Crippen LogP contribution in [-0.2, 0) is 16.1 Å². The average Bonchev–Trinajstić information content (AvgIpc) is 2.90. The molecule has 116 valence electrons. The first-order chi connectivity index (χ1) is 10.1. The van der Waals surface area contributed by atoms with E-state index in [1.807, 2.05) is 6.07 Å². The normalized spacial score (nSPS) is 19.4. The molecule has 1 aliphatic heterocycles. The number of hydrogen-bond acceptors (Lipinski definition) is 4. The van der Waals surface area contributed by atoms with Gasteiger partial charge in [0, 0.05) is 37.7 Å². The molecule has 0 saturated carbocycles. The van der Waals surface area contributed by atoms with Gasteiger partial charge in [-0.1, -0.05) is 6.07 Å². The molecule has 21 heavy (non-hydrogen) atoms. The maximum atomic E-state index is 11.2. The molecule has 1 aliphatic rings. The minimum absolute atomic E-state index is 0.154. The monoisotopic (exact) mass is 292 g/mol. The summed E-state index contributed by atoms with van der Waals surface area (Å²) in [5, 5.41) is 6.44. The first-order valence-corrected chi connectivity index (χ1v) is 7.32. The quantitative estimate of drug-likeness (QED) is 0.804. The van der Waals surface area contributed by atoms with Gasteiger partial charge in [-0.25, -0.2) is 0 Å². The van der Waals surface area contributed by atoms with Crippen LogP contribution in [0.25, 0.3) is 0 Å². The van der Waals surface area contributed by atoms with Gasteiger partial charge in [0.2, 0.25) is 5.91 Å². The Balaban J connectivity index is 1.96. The van der Waals surface area contributed by atoms with Gasteiger partial charge < -0.3 is 20.1 Å². The van der Waals surface area contributed by atoms with E-state index in [1.54, 1.807) is 14.2 Å². The zero-order valence-corrected chi connectivity index (χ0v) is 12.9. The predicted octanol–water partition coefficient (Wildman–Crippen LogP) is 1.77. The van der Waals surface area contributed by atoms with Crippen LogP contribution >= 0.6 is 0 Å². The third-order valence-electron chi connectivity index (χ3n) is 3.86. The second-order valence-electron chi connectivity index (χ2n) is 5.44. The van der Waals surface area contributed by atoms with Crippen molar-refractivity contribution >= 4 is 5.91 Å². The molecule has 1 amide bonds. The molecule has 2 unspecified atom stereocenters. The van der Waals surface area contributed by atoms with E-state index in [0.29, 0.717) is 13.0 Å². The van der Waals surface area contributed by atoms with E-state index in [1.165, 1.54) is 5.56 Å². The molecule has 2 atom stereocenters. The Labute approximate surface area is 126 Å². The Bertz CT molecular complexity index is 490. The van der Waals surface area contributed by atoms with Gasteiger partial charge in [0.25, 0.3) is 0 Å². The van der Waals surface area contributed by atoms with Gasteiger partial charge in [-0.15, -0.1) is 0 Å². The minimum Gasteiger partial charge on any atom is -0.496 e. The predicted molar refractivity (Wildman–Crippen MR) is 81.3 cm³/mol. The van der Waals surface area contributed by atoms with Crippen LogP contribution in [0.2, 0.25) is 0 Å². The van der Waals surface area contributed by atoms with E-state index in [2.05, 4.69) is 29.7 Å². The van der Waals surface area contributed by atoms with Gasteiger partial charge in [0.05, 0.1) is 13.7 Å². The molecule has 1 aromatic carbocycles. The summed E-state index contributed by atoms with van der Waals surface area (Å²) in [6.45, 7) is 3.44. The lowest BCUT2D eigenvalue weighted by Gasteiger charge is -2.19. The lowest BCUT2D eigenvalue weighted by Crippen LogP contribution is -2.36. The molecule has 0 bridgehead atoms. The van der Waals surface area contributed by atoms with Crippen LogP contribution in [-0.4, -0.2) is 32.7 Å². The molecule has 0 aliphatic carbocycles. The van der Waals surface area contributed by atoms with E-state index in [0.717, 1.165) is 24.3 Å². The van der Waals surface area contributed by atoms with Crippen LogP contribution in [0.4, 0.5) is 0 Å². The van der Waals surface area contributed by atoms with Crippen LogP contribution in [0, 0.1) is 0 Å². The van der Waals surface area contributed by atoms with Gasteiger partial charge in [0.15, 0.2) is 0 Å². The lowest BCUT2D eigenvalue weighted by molar-refractivity contribution is -0.119. The SMILES string of the molecule is COCc1cc(C(C)NCC2CCC(=O)N2)ccc1OC. The molecule has 0 aromatic heterocycles. The number of carbonyl (C=O) groups excluding carboxylic acids is 1. The maximum absolute atomic E-state index is 11.2. The average molecular weight is 292 g/mol. The first-order valence-electron chi connectivity index (χ1n) is 7.32. The van der Waals surface area contributed by atoms with Gasteiger partial charge in [-0.05, 0) is 31.0 Å². The number of benzene rings is 1. The fourth-order valence-electron chi connectivity index (χ4n) is 2.60. The Kier molecular flexibility index (Phi) is 5.59. The Morgan fingerprint density at radius 1 is 1.43 bits per heavy atom. The van der Waals surface area contributed by atoms with Crippen molar-refractivity contribution in [1.82, 2.24) is 10.6 Å². The van der Waals surface area contributed by atoms with Crippen molar-refractivity contribution in [3.05, 3.63) is 29.3 Å². The molecule has 1 aromatic rings. The molecule has 1 saturated heterocycles. The largest absolute Gasteiger partial charge is 0.496 e. The highest BCUT2D eigenvalue weighted by Gasteiger charge is 2.21. The fourth-order valence-corrected chi connectivity index (χ4v) is 2.60. The van der Waals surface area contributed by atoms with Crippen molar-refractivity contribution in [1.29, 1.82) is 0 Å². The molecule has 2 N–H and O–H groups in total. The fraction of sp³-hybridized carbons (Fsp3) is 0.562. The van der Waals surface area contributed by atoms with E-state index < -0.39 is 0 Å². The summed E-state index contributed by atoms with van der Waals surface area (Å²) in [7, 11) is 3.34. The zero-order chi connectivity index (χ0) is 15.2. The summed E-state index contributed by atoms with van der Waals surface area (Å²) >= 11 is 0. The van der Waals surface area contributed by atoms with E-state index in [4.69, 9.17) is 9.47 Å². The van der Waals surface area contributed by atoms with Crippen LogP contribution in [0.5, 0.6) is 5.75 Å². The molecule has 0 spiro atoms. The van der Waals surface area contributed by atoms with Gasteiger partial charge in [0.1, 0.15) is 5.75 Å². The number of ether oxygens (including phenoxy) is 2. The summed E-state index contributed by atoms with van der Waals surface area (Å²) in [5.41, 5.74) is 2.23. The summed E-state index contributed by atoms with van der Waals surface area (Å²) in [6, 6.07) is 6.59. The lowest BCUT2D eigenvalue weighted by atomic mass is 10.0. The Morgan fingerprint density at radius 2 is 2.24 bits per heavy atom. The third-order valence-corrected chi connectivity index (χ3v) is 3.86. The summed E-state index contributed by atoms with van der Waals surface area (Å²) in [4.78, 5) is 11.2. The number of hydrogen-bond donors (Lipinski definition) is 2. The van der Waals surface area contributed by atoms with Crippen LogP contribution in [0.1, 0.15) is 36.9 Å². The van der Waals surface area contributed by atoms with Crippen molar-refractivity contribution in [3.8, 4) is 5.75 Å². The minimum atomic E-state index is 0.154. The van der Waals surface area contributed by atoms with Gasteiger partial charge in [-0.3, -0.25) is 4.79 Å². The maximum Gasteiger partial charge on any atom is 0.220 e. The van der Waals surface area contributed by atoms with Crippen molar-refractivity contribution in [3.63, 3.8) is 0 Å². The number of amides is 1. The highest BCUT2D eigenvalue weighted by Crippen LogP contribution is 2.24. The van der Waals surface area contributed by atoms with Crippen molar-refractivity contribution in [2.45, 2.75) is 38.5 Å². The highest BCUT2D eigenvalue weighted by atomic mass is 16.5. The van der Waals surface area contributed by atoms with Crippen molar-refractivity contribution < 1.29 is 14.3 Å².